The molecule has 0 radical (unpaired) electrons. The molecular formula is C69H78BBr2N9O12. The molecule has 0 aliphatic carbocycles. The molecule has 0 bridgehead atoms. The zero-order chi connectivity index (χ0) is 67.7. The predicted molar refractivity (Wildman–Crippen MR) is 366 cm³/mol. The van der Waals surface area contributed by atoms with Gasteiger partial charge in [0.15, 0.2) is 0 Å². The van der Waals surface area contributed by atoms with Crippen molar-refractivity contribution in [2.24, 2.45) is 5.73 Å². The van der Waals surface area contributed by atoms with Crippen LogP contribution in [0.1, 0.15) is 124 Å². The molecule has 9 aromatic rings. The lowest BCUT2D eigenvalue weighted by molar-refractivity contribution is 0.00578. The number of fused-ring (bicyclic) bond motifs is 1. The molecule has 3 unspecified atom stereocenters. The Labute approximate surface area is 558 Å². The van der Waals surface area contributed by atoms with Crippen LogP contribution in [0.4, 0.5) is 0 Å². The lowest BCUT2D eigenvalue weighted by Gasteiger charge is -2.32. The molecule has 5 heterocycles. The van der Waals surface area contributed by atoms with E-state index in [4.69, 9.17) is 44.9 Å². The first-order valence-electron chi connectivity index (χ1n) is 29.5. The van der Waals surface area contributed by atoms with Gasteiger partial charge in [0.05, 0.1) is 73.0 Å². The monoisotopic (exact) mass is 1390 g/mol. The van der Waals surface area contributed by atoms with Crippen molar-refractivity contribution in [3.05, 3.63) is 224 Å². The molecule has 1 aliphatic rings. The first kappa shape index (κ1) is 73.3. The van der Waals surface area contributed by atoms with E-state index in [0.717, 1.165) is 65.5 Å². The van der Waals surface area contributed by atoms with Crippen LogP contribution in [0.15, 0.2) is 180 Å². The van der Waals surface area contributed by atoms with Crippen LogP contribution in [0.5, 0.6) is 17.2 Å². The number of carbonyl (C=O) groups is 3. The Morgan fingerprint density at radius 3 is 1.58 bits per heavy atom. The highest BCUT2D eigenvalue weighted by Crippen LogP contribution is 2.37. The number of benzene rings is 5. The van der Waals surface area contributed by atoms with E-state index < -0.39 is 5.97 Å². The zero-order valence-electron chi connectivity index (χ0n) is 53.0. The summed E-state index contributed by atoms with van der Waals surface area (Å²) >= 11 is 6.40. The Balaban J connectivity index is 0.000000194. The van der Waals surface area contributed by atoms with Crippen LogP contribution in [0.3, 0.4) is 0 Å². The number of ether oxygens (including phenoxy) is 3. The number of methoxy groups -OCH3 is 3. The SMILES string of the molecule is COc1cccc(C(CCO)NC(=O)c2cncc(-c3ccc4[nH]ncc4c3)c2)c1.COc1cccc(C(CCO)NC(=O)c2cncc(Br)c2)c1.COc1cccc(C(N)CCO)c1.Cc1ccc(B2OC(C)(C)C(C)(C)O2)cc1C=N.O=C(O)c1cncc(Br)c1. The van der Waals surface area contributed by atoms with Crippen LogP contribution < -0.4 is 36.0 Å². The van der Waals surface area contributed by atoms with E-state index in [1.165, 1.54) is 37.1 Å². The number of aryl methyl sites for hydroxylation is 1. The molecule has 93 heavy (non-hydrogen) atoms. The second-order valence-corrected chi connectivity index (χ2v) is 23.9. The molecule has 10 N–H and O–H groups in total. The molecule has 4 aromatic heterocycles. The van der Waals surface area contributed by atoms with Gasteiger partial charge in [-0.2, -0.15) is 5.10 Å². The number of nitrogens with zero attached hydrogens (tertiary/aromatic N) is 4. The number of carboxylic acid groups (broad SMARTS) is 1. The highest BCUT2D eigenvalue weighted by molar-refractivity contribution is 9.10. The molecule has 1 fully saturated rings. The molecule has 488 valence electrons. The molecule has 21 nitrogen and oxygen atoms in total. The first-order valence-corrected chi connectivity index (χ1v) is 31.1. The highest BCUT2D eigenvalue weighted by Gasteiger charge is 2.51. The first-order chi connectivity index (χ1) is 44.5. The summed E-state index contributed by atoms with van der Waals surface area (Å²) in [5.74, 6) is 0.742. The van der Waals surface area contributed by atoms with Gasteiger partial charge < -0.3 is 65.7 Å². The molecule has 5 aromatic carbocycles. The van der Waals surface area contributed by atoms with E-state index in [9.17, 15) is 24.6 Å². The maximum Gasteiger partial charge on any atom is 0.494 e. The van der Waals surface area contributed by atoms with Gasteiger partial charge >= 0.3 is 13.1 Å². The van der Waals surface area contributed by atoms with E-state index in [1.54, 1.807) is 46.0 Å². The Morgan fingerprint density at radius 1 is 0.613 bits per heavy atom. The summed E-state index contributed by atoms with van der Waals surface area (Å²) in [6.07, 6.45) is 13.7. The summed E-state index contributed by atoms with van der Waals surface area (Å²) in [5, 5.41) is 57.1. The third-order valence-electron chi connectivity index (χ3n) is 15.1. The van der Waals surface area contributed by atoms with Crippen molar-refractivity contribution in [3.63, 3.8) is 0 Å². The largest absolute Gasteiger partial charge is 0.497 e. The van der Waals surface area contributed by atoms with Crippen LogP contribution in [-0.2, 0) is 9.31 Å². The Morgan fingerprint density at radius 2 is 1.10 bits per heavy atom. The van der Waals surface area contributed by atoms with Crippen molar-refractivity contribution in [2.75, 3.05) is 41.2 Å². The molecule has 3 atom stereocenters. The second-order valence-electron chi connectivity index (χ2n) is 22.1. The standard InChI is InChI=1S/C23H22N4O3.C16H17BrN2O3.C14H20BNO2.C10H15NO2.C6H4BrNO2/c1-30-20-4-2-3-16(11-20)21(7-8-28)26-23(29)19-10-17(12-24-13-19)15-5-6-22-18(9-15)14-25-27-22;1-22-14-4-2-3-11(8-14)15(5-6-20)19-16(21)12-7-13(17)10-18-9-12;1-10-6-7-12(8-11(10)9-16)15-17-13(2,3)14(4,5)18-15;1-13-9-4-2-3-8(7-9)10(11)5-6-12;7-5-1-4(6(9)10)2-8-3-5/h2-6,9-14,21,28H,7-8H2,1H3,(H,25,27)(H,26,29);2-4,7-10,15,20H,5-6H2,1H3,(H,19,21);6-9,16H,1-5H3;2-4,7,10,12H,5-6,11H2,1H3;1-3H,(H,9,10). The van der Waals surface area contributed by atoms with Crippen molar-refractivity contribution in [3.8, 4) is 28.4 Å². The number of nitrogens with one attached hydrogen (secondary N) is 4. The van der Waals surface area contributed by atoms with Gasteiger partial charge in [-0.25, -0.2) is 4.79 Å². The Bertz CT molecular complexity index is 3900. The fourth-order valence-corrected chi connectivity index (χ4v) is 9.86. The number of aromatic amines is 1. The van der Waals surface area contributed by atoms with Crippen LogP contribution in [0.25, 0.3) is 22.0 Å². The summed E-state index contributed by atoms with van der Waals surface area (Å²) in [7, 11) is 4.45. The number of aromatic nitrogens is 5. The van der Waals surface area contributed by atoms with Gasteiger partial charge in [0.1, 0.15) is 17.2 Å². The van der Waals surface area contributed by atoms with Crippen molar-refractivity contribution in [1.29, 1.82) is 5.41 Å². The Kier molecular flexibility index (Phi) is 28.3. The highest BCUT2D eigenvalue weighted by atomic mass is 79.9. The minimum atomic E-state index is -0.964. The molecule has 10 rings (SSSR count). The van der Waals surface area contributed by atoms with Crippen LogP contribution >= 0.6 is 31.9 Å². The van der Waals surface area contributed by atoms with E-state index >= 15 is 0 Å². The molecule has 0 saturated carbocycles. The summed E-state index contributed by atoms with van der Waals surface area (Å²) in [4.78, 5) is 47.5. The molecule has 1 aliphatic heterocycles. The molecule has 24 heteroatoms. The van der Waals surface area contributed by atoms with E-state index in [-0.39, 0.29) is 73.6 Å². The molecule has 1 saturated heterocycles. The summed E-state index contributed by atoms with van der Waals surface area (Å²) < 4.78 is 28.9. The number of carboxylic acids is 1. The van der Waals surface area contributed by atoms with Gasteiger partial charge in [0, 0.05) is 89.2 Å². The number of carbonyl (C=O) groups excluding carboxylic acids is 2. The van der Waals surface area contributed by atoms with Gasteiger partial charge in [-0.1, -0.05) is 60.7 Å². The fraction of sp³-hybridized carbons (Fsp3) is 0.275. The maximum atomic E-state index is 12.9. The quantitative estimate of drug-likeness (QED) is 0.0253. The van der Waals surface area contributed by atoms with Crippen molar-refractivity contribution in [2.45, 2.75) is 83.2 Å². The number of nitrogens with two attached hydrogens (primary N) is 1. The topological polar surface area (TPSA) is 320 Å². The lowest BCUT2D eigenvalue weighted by atomic mass is 9.78. The summed E-state index contributed by atoms with van der Waals surface area (Å²) in [6.45, 7) is 10.2. The number of hydrogen-bond acceptors (Lipinski definition) is 17. The number of aromatic carboxylic acids is 1. The number of rotatable bonds is 20. The van der Waals surface area contributed by atoms with Crippen LogP contribution in [0.2, 0.25) is 0 Å². The average Bonchev–Trinajstić information content (AvgIpc) is 1.71. The van der Waals surface area contributed by atoms with E-state index in [1.807, 2.05) is 150 Å². The van der Waals surface area contributed by atoms with E-state index in [0.29, 0.717) is 46.4 Å². The van der Waals surface area contributed by atoms with Gasteiger partial charge in [0.25, 0.3) is 11.8 Å². The number of halogens is 2. The minimum absolute atomic E-state index is 0.0289. The van der Waals surface area contributed by atoms with Crippen molar-refractivity contribution in [1.82, 2.24) is 35.8 Å². The van der Waals surface area contributed by atoms with Gasteiger partial charge in [-0.15, -0.1) is 0 Å². The van der Waals surface area contributed by atoms with Crippen molar-refractivity contribution < 1.29 is 58.3 Å². The third kappa shape index (κ3) is 21.7. The van der Waals surface area contributed by atoms with Crippen molar-refractivity contribution >= 4 is 79.3 Å². The third-order valence-corrected chi connectivity index (χ3v) is 15.9. The van der Waals surface area contributed by atoms with Gasteiger partial charge in [-0.3, -0.25) is 29.6 Å². The number of H-pyrrole nitrogens is 1. The summed E-state index contributed by atoms with van der Waals surface area (Å²) in [6, 6.07) is 38.6. The minimum Gasteiger partial charge on any atom is -0.497 e. The maximum absolute atomic E-state index is 12.9. The number of aliphatic hydroxyl groups is 3. The Hall–Kier alpha value is -8.72. The van der Waals surface area contributed by atoms with Gasteiger partial charge in [-0.05, 0) is 191 Å². The number of hydrogen-bond donors (Lipinski definition) is 9. The van der Waals surface area contributed by atoms with E-state index in [2.05, 4.69) is 67.6 Å². The molecule has 2 amide bonds. The number of amides is 2. The van der Waals surface area contributed by atoms with Crippen LogP contribution in [-0.4, -0.2) is 129 Å². The predicted octanol–water partition coefficient (Wildman–Crippen LogP) is 11.1. The second kappa shape index (κ2) is 35.9. The normalized spacial score (nSPS) is 13.5. The number of pyridine rings is 3. The van der Waals surface area contributed by atoms with Gasteiger partial charge in [0.2, 0.25) is 0 Å². The lowest BCUT2D eigenvalue weighted by Crippen LogP contribution is -2.41. The zero-order valence-corrected chi connectivity index (χ0v) is 56.1. The average molecular weight is 1400 g/mol. The smallest absolute Gasteiger partial charge is 0.494 e. The fourth-order valence-electron chi connectivity index (χ4n) is 9.13. The summed E-state index contributed by atoms with van der Waals surface area (Å²) in [5.41, 5.74) is 14.7. The molecular weight excluding hydrogens is 1320 g/mol. The molecule has 0 spiro atoms. The number of aliphatic hydroxyl groups excluding tert-OH is 3. The van der Waals surface area contributed by atoms with Crippen LogP contribution in [0, 0.1) is 12.3 Å².